The molecule has 9 nitrogen and oxygen atoms in total. The average molecular weight is 498 g/mol. The molecule has 1 unspecified atom stereocenters. The molecule has 4 aromatic rings. The number of β-amino-alcohol motifs (C(OH)–C–C–N with tert-alkyl or cyclic N) is 1. The minimum Gasteiger partial charge on any atom is -0.497 e. The maximum atomic E-state index is 13.7. The molecule has 0 bridgehead atoms. The summed E-state index contributed by atoms with van der Waals surface area (Å²) in [4.78, 5) is 20.2. The summed E-state index contributed by atoms with van der Waals surface area (Å²) in [5.41, 5.74) is 4.76. The number of pyridine rings is 1. The van der Waals surface area contributed by atoms with Gasteiger partial charge in [-0.3, -0.25) is 9.78 Å². The quantitative estimate of drug-likeness (QED) is 0.434. The second-order valence-corrected chi connectivity index (χ2v) is 9.28. The summed E-state index contributed by atoms with van der Waals surface area (Å²) in [5.74, 6) is 1.35. The van der Waals surface area contributed by atoms with E-state index in [1.54, 1.807) is 19.4 Å². The van der Waals surface area contributed by atoms with Gasteiger partial charge in [0.25, 0.3) is 5.56 Å². The van der Waals surface area contributed by atoms with E-state index < -0.39 is 0 Å². The molecule has 2 aliphatic heterocycles. The van der Waals surface area contributed by atoms with Crippen LogP contribution in [0, 0.1) is 6.92 Å². The van der Waals surface area contributed by atoms with E-state index in [2.05, 4.69) is 15.2 Å². The van der Waals surface area contributed by atoms with Crippen molar-refractivity contribution in [3.05, 3.63) is 82.4 Å². The lowest BCUT2D eigenvalue weighted by Gasteiger charge is -2.20. The van der Waals surface area contributed by atoms with Crippen molar-refractivity contribution in [2.24, 2.45) is 0 Å². The highest BCUT2D eigenvalue weighted by molar-refractivity contribution is 5.92. The number of aryl methyl sites for hydroxylation is 1. The van der Waals surface area contributed by atoms with Crippen molar-refractivity contribution in [1.29, 1.82) is 0 Å². The second-order valence-electron chi connectivity index (χ2n) is 9.28. The molecule has 0 saturated carbocycles. The highest BCUT2D eigenvalue weighted by atomic mass is 16.5. The highest BCUT2D eigenvalue weighted by Gasteiger charge is 2.22. The smallest absolute Gasteiger partial charge is 0.298 e. The fourth-order valence-corrected chi connectivity index (χ4v) is 4.90. The fraction of sp³-hybridized carbons (Fsp3) is 0.250. The van der Waals surface area contributed by atoms with Gasteiger partial charge in [-0.2, -0.15) is 9.78 Å². The van der Waals surface area contributed by atoms with Crippen LogP contribution in [0.5, 0.6) is 5.75 Å². The molecule has 0 aliphatic carbocycles. The summed E-state index contributed by atoms with van der Waals surface area (Å²) in [6.45, 7) is 3.68. The van der Waals surface area contributed by atoms with Gasteiger partial charge in [-0.1, -0.05) is 6.07 Å². The number of fused-ring (bicyclic) bond motifs is 1. The predicted octanol–water partition coefficient (Wildman–Crippen LogP) is 3.21. The largest absolute Gasteiger partial charge is 0.497 e. The van der Waals surface area contributed by atoms with Crippen LogP contribution >= 0.6 is 0 Å². The number of hydrogen-bond acceptors (Lipinski definition) is 8. The molecule has 1 atom stereocenters. The number of rotatable bonds is 5. The molecule has 1 saturated heterocycles. The van der Waals surface area contributed by atoms with Crippen LogP contribution in [-0.4, -0.2) is 52.9 Å². The number of anilines is 1. The molecule has 1 fully saturated rings. The Morgan fingerprint density at radius 1 is 1.16 bits per heavy atom. The SMILES string of the molecule is COc1cc(C2=CNCO2)cc(-c2nn(-c3cc(N4CCC(O)C4)ccc3C)c(=O)c3ncccc23)c1. The van der Waals surface area contributed by atoms with Gasteiger partial charge in [0.1, 0.15) is 22.7 Å². The molecule has 2 aromatic carbocycles. The van der Waals surface area contributed by atoms with E-state index in [1.807, 2.05) is 55.6 Å². The molecule has 6 rings (SSSR count). The first-order valence-electron chi connectivity index (χ1n) is 12.2. The number of hydrogen-bond donors (Lipinski definition) is 2. The van der Waals surface area contributed by atoms with Crippen LogP contribution in [-0.2, 0) is 4.74 Å². The van der Waals surface area contributed by atoms with E-state index in [4.69, 9.17) is 14.6 Å². The Balaban J connectivity index is 1.56. The van der Waals surface area contributed by atoms with Crippen molar-refractivity contribution in [3.8, 4) is 22.7 Å². The number of nitrogens with one attached hydrogen (secondary N) is 1. The number of methoxy groups -OCH3 is 1. The maximum Gasteiger partial charge on any atom is 0.298 e. The second kappa shape index (κ2) is 9.25. The van der Waals surface area contributed by atoms with E-state index in [0.717, 1.165) is 35.3 Å². The van der Waals surface area contributed by atoms with E-state index >= 15 is 0 Å². The first-order valence-corrected chi connectivity index (χ1v) is 12.2. The number of nitrogens with zero attached hydrogens (tertiary/aromatic N) is 4. The molecule has 2 aliphatic rings. The molecule has 188 valence electrons. The first kappa shape index (κ1) is 23.1. The van der Waals surface area contributed by atoms with Gasteiger partial charge in [0.05, 0.1) is 18.9 Å². The molecule has 2 aromatic heterocycles. The van der Waals surface area contributed by atoms with E-state index in [0.29, 0.717) is 47.1 Å². The van der Waals surface area contributed by atoms with Crippen LogP contribution in [0.25, 0.3) is 33.6 Å². The first-order chi connectivity index (χ1) is 18.0. The molecular weight excluding hydrogens is 470 g/mol. The summed E-state index contributed by atoms with van der Waals surface area (Å²) in [5, 5.41) is 18.6. The van der Waals surface area contributed by atoms with E-state index in [9.17, 15) is 9.90 Å². The Morgan fingerprint density at radius 2 is 2.03 bits per heavy atom. The van der Waals surface area contributed by atoms with Gasteiger partial charge in [-0.05, 0) is 61.4 Å². The van der Waals surface area contributed by atoms with Crippen molar-refractivity contribution in [2.45, 2.75) is 19.4 Å². The average Bonchev–Trinajstić information content (AvgIpc) is 3.62. The zero-order valence-corrected chi connectivity index (χ0v) is 20.6. The fourth-order valence-electron chi connectivity index (χ4n) is 4.90. The minimum atomic E-state index is -0.349. The van der Waals surface area contributed by atoms with Crippen molar-refractivity contribution in [3.63, 3.8) is 0 Å². The Labute approximate surface area is 213 Å². The van der Waals surface area contributed by atoms with Gasteiger partial charge in [-0.25, -0.2) is 0 Å². The van der Waals surface area contributed by atoms with Crippen molar-refractivity contribution in [1.82, 2.24) is 20.1 Å². The van der Waals surface area contributed by atoms with Crippen LogP contribution in [0.4, 0.5) is 5.69 Å². The van der Waals surface area contributed by atoms with Gasteiger partial charge in [0.15, 0.2) is 6.73 Å². The Bertz CT molecular complexity index is 1600. The van der Waals surface area contributed by atoms with Gasteiger partial charge in [0, 0.05) is 47.7 Å². The van der Waals surface area contributed by atoms with Crippen LogP contribution in [0.3, 0.4) is 0 Å². The topological polar surface area (TPSA) is 102 Å². The summed E-state index contributed by atoms with van der Waals surface area (Å²) in [7, 11) is 1.61. The van der Waals surface area contributed by atoms with Crippen LogP contribution in [0.2, 0.25) is 0 Å². The molecular formula is C28H27N5O4. The zero-order valence-electron chi connectivity index (χ0n) is 20.6. The van der Waals surface area contributed by atoms with Gasteiger partial charge in [0.2, 0.25) is 0 Å². The van der Waals surface area contributed by atoms with Crippen LogP contribution in [0.1, 0.15) is 17.5 Å². The lowest BCUT2D eigenvalue weighted by atomic mass is 10.0. The molecule has 4 heterocycles. The Kier molecular flexibility index (Phi) is 5.77. The Morgan fingerprint density at radius 3 is 2.78 bits per heavy atom. The standard InChI is InChI=1S/C28H27N5O4/c1-17-5-6-20(32-9-7-21(34)15-32)13-24(17)33-28(35)27-23(4-3-8-30-27)26(31-33)19-10-18(11-22(12-19)36-2)25-14-29-16-37-25/h3-6,8,10-14,21,29,34H,7,9,15-16H2,1-2H3. The number of aliphatic hydroxyl groups excluding tert-OH is 1. The molecule has 0 spiro atoms. The monoisotopic (exact) mass is 497 g/mol. The third kappa shape index (κ3) is 4.17. The normalized spacial score (nSPS) is 17.0. The van der Waals surface area contributed by atoms with Crippen molar-refractivity contribution >= 4 is 22.3 Å². The molecule has 9 heteroatoms. The Hall–Kier alpha value is -4.37. The number of aromatic nitrogens is 3. The summed E-state index contributed by atoms with van der Waals surface area (Å²) in [6.07, 6.45) is 3.81. The highest BCUT2D eigenvalue weighted by Crippen LogP contribution is 2.33. The number of aliphatic hydroxyl groups is 1. The van der Waals surface area contributed by atoms with Crippen LogP contribution < -0.4 is 20.5 Å². The number of benzene rings is 2. The molecule has 0 amide bonds. The van der Waals surface area contributed by atoms with Gasteiger partial charge in [-0.15, -0.1) is 0 Å². The lowest BCUT2D eigenvalue weighted by Crippen LogP contribution is -2.25. The molecule has 37 heavy (non-hydrogen) atoms. The predicted molar refractivity (Wildman–Crippen MR) is 142 cm³/mol. The zero-order chi connectivity index (χ0) is 25.5. The van der Waals surface area contributed by atoms with E-state index in [1.165, 1.54) is 4.68 Å². The lowest BCUT2D eigenvalue weighted by molar-refractivity contribution is 0.198. The van der Waals surface area contributed by atoms with Gasteiger partial charge < -0.3 is 24.8 Å². The van der Waals surface area contributed by atoms with Crippen molar-refractivity contribution < 1.29 is 14.6 Å². The maximum absolute atomic E-state index is 13.7. The van der Waals surface area contributed by atoms with Crippen LogP contribution in [0.15, 0.2) is 65.7 Å². The summed E-state index contributed by atoms with van der Waals surface area (Å²) < 4.78 is 12.7. The molecule has 2 N–H and O–H groups in total. The minimum absolute atomic E-state index is 0.296. The van der Waals surface area contributed by atoms with E-state index in [-0.39, 0.29) is 11.7 Å². The van der Waals surface area contributed by atoms with Crippen molar-refractivity contribution in [2.75, 3.05) is 31.8 Å². The summed E-state index contributed by atoms with van der Waals surface area (Å²) in [6, 6.07) is 15.4. The third-order valence-electron chi connectivity index (χ3n) is 6.85. The number of ether oxygens (including phenoxy) is 2. The third-order valence-corrected chi connectivity index (χ3v) is 6.85. The van der Waals surface area contributed by atoms with Gasteiger partial charge >= 0.3 is 0 Å². The summed E-state index contributed by atoms with van der Waals surface area (Å²) >= 11 is 0. The molecule has 0 radical (unpaired) electrons.